The summed E-state index contributed by atoms with van der Waals surface area (Å²) in [5.74, 6) is -0.133. The number of hydrogen-bond donors (Lipinski definition) is 1. The standard InChI is InChI=1S/C12H14BrClN2O3/c1-7-4-8(13)9(5-10(7)16(18)19)15-11(17)12(2,3)6-14/h4-5H,6H2,1-3H3,(H,15,17). The third-order valence-electron chi connectivity index (χ3n) is 2.68. The Kier molecular flexibility index (Phi) is 4.92. The topological polar surface area (TPSA) is 72.2 Å². The fourth-order valence-electron chi connectivity index (χ4n) is 1.31. The number of halogens is 2. The molecule has 0 fully saturated rings. The number of carbonyl (C=O) groups excluding carboxylic acids is 1. The van der Waals surface area contributed by atoms with E-state index in [0.717, 1.165) is 0 Å². The van der Waals surface area contributed by atoms with Crippen LogP contribution in [0.3, 0.4) is 0 Å². The summed E-state index contributed by atoms with van der Waals surface area (Å²) >= 11 is 9.00. The van der Waals surface area contributed by atoms with Crippen LogP contribution in [0, 0.1) is 22.5 Å². The van der Waals surface area contributed by atoms with Crippen LogP contribution >= 0.6 is 27.5 Å². The number of hydrogen-bond acceptors (Lipinski definition) is 3. The highest BCUT2D eigenvalue weighted by atomic mass is 79.9. The molecule has 0 heterocycles. The average Bonchev–Trinajstić information content (AvgIpc) is 2.31. The maximum atomic E-state index is 12.0. The zero-order valence-electron chi connectivity index (χ0n) is 10.8. The summed E-state index contributed by atoms with van der Waals surface area (Å²) in [7, 11) is 0. The van der Waals surface area contributed by atoms with Gasteiger partial charge < -0.3 is 5.32 Å². The Morgan fingerprint density at radius 1 is 1.53 bits per heavy atom. The highest BCUT2D eigenvalue weighted by Crippen LogP contribution is 2.32. The lowest BCUT2D eigenvalue weighted by molar-refractivity contribution is -0.385. The van der Waals surface area contributed by atoms with Gasteiger partial charge in [-0.2, -0.15) is 0 Å². The summed E-state index contributed by atoms with van der Waals surface area (Å²) < 4.78 is 0.592. The number of nitrogens with zero attached hydrogens (tertiary/aromatic N) is 1. The van der Waals surface area contributed by atoms with Gasteiger partial charge in [0.2, 0.25) is 5.91 Å². The molecule has 104 valence electrons. The Labute approximate surface area is 124 Å². The van der Waals surface area contributed by atoms with Gasteiger partial charge in [0.1, 0.15) is 0 Å². The van der Waals surface area contributed by atoms with Crippen molar-refractivity contribution < 1.29 is 9.72 Å². The van der Waals surface area contributed by atoms with E-state index in [1.165, 1.54) is 6.07 Å². The second kappa shape index (κ2) is 5.88. The van der Waals surface area contributed by atoms with Crippen LogP contribution in [-0.2, 0) is 4.79 Å². The smallest absolute Gasteiger partial charge is 0.274 e. The summed E-state index contributed by atoms with van der Waals surface area (Å²) in [5, 5.41) is 13.5. The SMILES string of the molecule is Cc1cc(Br)c(NC(=O)C(C)(C)CCl)cc1[N+](=O)[O-]. The average molecular weight is 350 g/mol. The minimum Gasteiger partial charge on any atom is -0.324 e. The van der Waals surface area contributed by atoms with Gasteiger partial charge in [0.15, 0.2) is 0 Å². The number of nitrogens with one attached hydrogen (secondary N) is 1. The molecule has 19 heavy (non-hydrogen) atoms. The van der Waals surface area contributed by atoms with E-state index in [1.54, 1.807) is 26.8 Å². The van der Waals surface area contributed by atoms with Gasteiger partial charge in [0.05, 0.1) is 16.0 Å². The maximum Gasteiger partial charge on any atom is 0.274 e. The second-order valence-electron chi connectivity index (χ2n) is 4.85. The molecule has 0 aliphatic carbocycles. The largest absolute Gasteiger partial charge is 0.324 e. The van der Waals surface area contributed by atoms with Crippen molar-refractivity contribution in [1.82, 2.24) is 0 Å². The van der Waals surface area contributed by atoms with Crippen molar-refractivity contribution in [1.29, 1.82) is 0 Å². The first-order valence-electron chi connectivity index (χ1n) is 5.51. The van der Waals surface area contributed by atoms with Crippen molar-refractivity contribution in [3.8, 4) is 0 Å². The molecule has 0 aliphatic heterocycles. The minimum absolute atomic E-state index is 0.0396. The molecule has 0 aliphatic rings. The van der Waals surface area contributed by atoms with Crippen molar-refractivity contribution in [2.75, 3.05) is 11.2 Å². The highest BCUT2D eigenvalue weighted by Gasteiger charge is 2.27. The van der Waals surface area contributed by atoms with E-state index >= 15 is 0 Å². The highest BCUT2D eigenvalue weighted by molar-refractivity contribution is 9.10. The van der Waals surface area contributed by atoms with E-state index in [4.69, 9.17) is 11.6 Å². The van der Waals surface area contributed by atoms with Gasteiger partial charge in [-0.15, -0.1) is 11.6 Å². The normalized spacial score (nSPS) is 11.2. The zero-order valence-corrected chi connectivity index (χ0v) is 13.1. The molecular formula is C12H14BrClN2O3. The predicted octanol–water partition coefficient (Wildman–Crippen LogP) is 3.87. The van der Waals surface area contributed by atoms with Crippen molar-refractivity contribution in [3.63, 3.8) is 0 Å². The lowest BCUT2D eigenvalue weighted by atomic mass is 9.95. The van der Waals surface area contributed by atoms with E-state index in [9.17, 15) is 14.9 Å². The molecule has 0 aromatic heterocycles. The number of anilines is 1. The quantitative estimate of drug-likeness (QED) is 0.509. The van der Waals surface area contributed by atoms with Gasteiger partial charge in [-0.25, -0.2) is 0 Å². The molecule has 0 radical (unpaired) electrons. The molecule has 1 N–H and O–H groups in total. The first-order valence-corrected chi connectivity index (χ1v) is 6.83. The number of carbonyl (C=O) groups is 1. The Morgan fingerprint density at radius 3 is 2.58 bits per heavy atom. The summed E-state index contributed by atoms with van der Waals surface area (Å²) in [4.78, 5) is 22.4. The third kappa shape index (κ3) is 3.67. The molecule has 1 aromatic carbocycles. The van der Waals surface area contributed by atoms with Crippen molar-refractivity contribution in [3.05, 3.63) is 32.3 Å². The van der Waals surface area contributed by atoms with Crippen LogP contribution in [0.2, 0.25) is 0 Å². The minimum atomic E-state index is -0.749. The number of aryl methyl sites for hydroxylation is 1. The number of alkyl halides is 1. The Hall–Kier alpha value is -1.14. The molecule has 0 saturated heterocycles. The van der Waals surface area contributed by atoms with Crippen LogP contribution in [0.1, 0.15) is 19.4 Å². The number of rotatable bonds is 4. The number of amides is 1. The lowest BCUT2D eigenvalue weighted by Crippen LogP contribution is -2.32. The molecule has 0 saturated carbocycles. The van der Waals surface area contributed by atoms with Crippen LogP contribution in [0.15, 0.2) is 16.6 Å². The molecule has 0 spiro atoms. The molecule has 7 heteroatoms. The van der Waals surface area contributed by atoms with E-state index in [2.05, 4.69) is 21.2 Å². The van der Waals surface area contributed by atoms with Gasteiger partial charge >= 0.3 is 0 Å². The molecule has 1 rings (SSSR count). The zero-order chi connectivity index (χ0) is 14.8. The second-order valence-corrected chi connectivity index (χ2v) is 5.97. The number of nitro benzene ring substituents is 1. The summed E-state index contributed by atoms with van der Waals surface area (Å²) in [6.07, 6.45) is 0. The lowest BCUT2D eigenvalue weighted by Gasteiger charge is -2.20. The van der Waals surface area contributed by atoms with E-state index < -0.39 is 10.3 Å². The molecular weight excluding hydrogens is 336 g/mol. The van der Waals surface area contributed by atoms with Gasteiger partial charge in [0, 0.05) is 22.0 Å². The first-order chi connectivity index (χ1) is 8.69. The monoisotopic (exact) mass is 348 g/mol. The van der Waals surface area contributed by atoms with Gasteiger partial charge in [-0.3, -0.25) is 14.9 Å². The van der Waals surface area contributed by atoms with Crippen LogP contribution < -0.4 is 5.32 Å². The summed E-state index contributed by atoms with van der Waals surface area (Å²) in [6.45, 7) is 5.04. The van der Waals surface area contributed by atoms with Crippen LogP contribution in [-0.4, -0.2) is 16.7 Å². The van der Waals surface area contributed by atoms with Crippen molar-refractivity contribution in [2.45, 2.75) is 20.8 Å². The Balaban J connectivity index is 3.12. The molecule has 0 unspecified atom stereocenters. The first kappa shape index (κ1) is 15.9. The van der Waals surface area contributed by atoms with Gasteiger partial charge in [0.25, 0.3) is 5.69 Å². The van der Waals surface area contributed by atoms with Crippen molar-refractivity contribution in [2.24, 2.45) is 5.41 Å². The van der Waals surface area contributed by atoms with E-state index in [-0.39, 0.29) is 17.5 Å². The molecule has 1 aromatic rings. The van der Waals surface area contributed by atoms with Gasteiger partial charge in [-0.1, -0.05) is 0 Å². The number of benzene rings is 1. The van der Waals surface area contributed by atoms with Gasteiger partial charge in [-0.05, 0) is 42.8 Å². The summed E-state index contributed by atoms with van der Waals surface area (Å²) in [5.41, 5.74) is 0.0925. The summed E-state index contributed by atoms with van der Waals surface area (Å²) in [6, 6.07) is 2.93. The third-order valence-corrected chi connectivity index (χ3v) is 4.00. The maximum absolute atomic E-state index is 12.0. The van der Waals surface area contributed by atoms with E-state index in [0.29, 0.717) is 15.7 Å². The molecule has 0 atom stereocenters. The van der Waals surface area contributed by atoms with Crippen LogP contribution in [0.25, 0.3) is 0 Å². The Morgan fingerprint density at radius 2 is 2.11 bits per heavy atom. The van der Waals surface area contributed by atoms with Crippen molar-refractivity contribution >= 4 is 44.8 Å². The van der Waals surface area contributed by atoms with Crippen LogP contribution in [0.4, 0.5) is 11.4 Å². The fourth-order valence-corrected chi connectivity index (χ4v) is 1.98. The molecule has 1 amide bonds. The Bertz CT molecular complexity index is 532. The molecule has 0 bridgehead atoms. The predicted molar refractivity (Wildman–Crippen MR) is 78.7 cm³/mol. The van der Waals surface area contributed by atoms with E-state index in [1.807, 2.05) is 0 Å². The molecule has 5 nitrogen and oxygen atoms in total. The fraction of sp³-hybridized carbons (Fsp3) is 0.417. The number of nitro groups is 1. The van der Waals surface area contributed by atoms with Crippen LogP contribution in [0.5, 0.6) is 0 Å².